The van der Waals surface area contributed by atoms with Crippen molar-refractivity contribution in [2.24, 2.45) is 23.0 Å². The highest BCUT2D eigenvalue weighted by Gasteiger charge is 2.47. The molecule has 5 amide bonds. The van der Waals surface area contributed by atoms with Crippen LogP contribution < -0.4 is 21.7 Å². The molecular weight excluding hydrogens is 585 g/mol. The number of nitrogens with zero attached hydrogens (tertiary/aromatic N) is 1. The first kappa shape index (κ1) is 35.4. The number of urea groups is 1. The van der Waals surface area contributed by atoms with Gasteiger partial charge in [-0.3, -0.25) is 19.2 Å². The van der Waals surface area contributed by atoms with E-state index >= 15 is 0 Å². The van der Waals surface area contributed by atoms with Crippen LogP contribution in [0.5, 0.6) is 0 Å². The third kappa shape index (κ3) is 9.24. The number of nitrogens with two attached hydrogens (primary N) is 1. The number of esters is 1. The van der Waals surface area contributed by atoms with Crippen LogP contribution in [0.25, 0.3) is 0 Å². The van der Waals surface area contributed by atoms with Gasteiger partial charge in [-0.1, -0.05) is 66.0 Å². The highest BCUT2D eigenvalue weighted by molar-refractivity contribution is 6.36. The number of ether oxygens (including phenoxy) is 1. The molecule has 45 heavy (non-hydrogen) atoms. The largest absolute Gasteiger partial charge is 0.459 e. The smallest absolute Gasteiger partial charge is 0.332 e. The summed E-state index contributed by atoms with van der Waals surface area (Å²) >= 11 is 0. The van der Waals surface area contributed by atoms with Gasteiger partial charge >= 0.3 is 12.0 Å². The second-order valence-electron chi connectivity index (χ2n) is 13.5. The lowest BCUT2D eigenvalue weighted by Gasteiger charge is -2.38. The standard InChI is InChI=1S/C32H46FN5O7/c1-19(2)21-15-23(27(41)35-16-24(39)26(34)40)38(17-21)28(42)25(31(3,4)5)36-30(44)37-32(13-7-6-8-14-32)29(43)45-18-20-9-11-22(33)12-10-20/h9-12,19,21,23,25H,6-8,13-18H2,1-5H3,(H2,34,40)(H,35,41)(H2,36,37,44)/t21-,23+,25-/m1/s1. The summed E-state index contributed by atoms with van der Waals surface area (Å²) in [5, 5.41) is 8.00. The Bertz CT molecular complexity index is 1270. The van der Waals surface area contributed by atoms with Crippen molar-refractivity contribution in [3.8, 4) is 0 Å². The first-order valence-electron chi connectivity index (χ1n) is 15.4. The topological polar surface area (TPSA) is 177 Å². The summed E-state index contributed by atoms with van der Waals surface area (Å²) in [4.78, 5) is 78.4. The maximum absolute atomic E-state index is 14.1. The van der Waals surface area contributed by atoms with Gasteiger partial charge in [0.05, 0.1) is 6.54 Å². The first-order valence-corrected chi connectivity index (χ1v) is 15.4. The number of carbonyl (C=O) groups excluding carboxylic acids is 6. The molecule has 0 unspecified atom stereocenters. The Morgan fingerprint density at radius 3 is 2.22 bits per heavy atom. The molecule has 1 aromatic rings. The molecule has 13 heteroatoms. The number of hydrogen-bond donors (Lipinski definition) is 4. The van der Waals surface area contributed by atoms with Gasteiger partial charge in [0.25, 0.3) is 5.91 Å². The number of halogens is 1. The van der Waals surface area contributed by atoms with Crippen LogP contribution in [0.4, 0.5) is 9.18 Å². The number of rotatable bonds is 11. The molecular formula is C32H46FN5O7. The molecule has 0 bridgehead atoms. The molecule has 1 heterocycles. The Morgan fingerprint density at radius 1 is 1.04 bits per heavy atom. The Morgan fingerprint density at radius 2 is 1.67 bits per heavy atom. The maximum Gasteiger partial charge on any atom is 0.332 e. The number of Topliss-reactive ketones (excluding diaryl/α,β-unsaturated/α-hetero) is 1. The Kier molecular flexibility index (Phi) is 11.7. The fraction of sp³-hybridized carbons (Fsp3) is 0.625. The van der Waals surface area contributed by atoms with Crippen LogP contribution in [0.1, 0.15) is 78.7 Å². The lowest BCUT2D eigenvalue weighted by Crippen LogP contribution is -2.63. The zero-order valence-electron chi connectivity index (χ0n) is 26.7. The summed E-state index contributed by atoms with van der Waals surface area (Å²) in [6, 6.07) is 2.84. The van der Waals surface area contributed by atoms with E-state index < -0.39 is 70.9 Å². The van der Waals surface area contributed by atoms with E-state index in [-0.39, 0.29) is 25.0 Å². The molecule has 0 spiro atoms. The number of likely N-dealkylation sites (tertiary alicyclic amines) is 1. The van der Waals surface area contributed by atoms with Crippen molar-refractivity contribution in [3.05, 3.63) is 35.6 Å². The minimum absolute atomic E-state index is 0.0210. The van der Waals surface area contributed by atoms with Crippen molar-refractivity contribution in [1.29, 1.82) is 0 Å². The lowest BCUT2D eigenvalue weighted by molar-refractivity contribution is -0.154. The molecule has 0 aromatic heterocycles. The van der Waals surface area contributed by atoms with E-state index in [1.165, 1.54) is 29.2 Å². The van der Waals surface area contributed by atoms with E-state index in [0.29, 0.717) is 37.7 Å². The summed E-state index contributed by atoms with van der Waals surface area (Å²) < 4.78 is 18.9. The van der Waals surface area contributed by atoms with Crippen LogP contribution in [-0.4, -0.2) is 71.1 Å². The molecule has 5 N–H and O–H groups in total. The molecule has 2 fully saturated rings. The van der Waals surface area contributed by atoms with Gasteiger partial charge in [0, 0.05) is 6.54 Å². The van der Waals surface area contributed by atoms with Crippen molar-refractivity contribution < 1.29 is 37.9 Å². The minimum Gasteiger partial charge on any atom is -0.459 e. The van der Waals surface area contributed by atoms with E-state index in [1.807, 2.05) is 13.8 Å². The van der Waals surface area contributed by atoms with Gasteiger partial charge in [0.2, 0.25) is 17.6 Å². The second-order valence-corrected chi connectivity index (χ2v) is 13.5. The summed E-state index contributed by atoms with van der Waals surface area (Å²) in [6.07, 6.45) is 3.31. The van der Waals surface area contributed by atoms with E-state index in [4.69, 9.17) is 10.5 Å². The average Bonchev–Trinajstić information content (AvgIpc) is 3.44. The monoisotopic (exact) mass is 631 g/mol. The quantitative estimate of drug-likeness (QED) is 0.214. The summed E-state index contributed by atoms with van der Waals surface area (Å²) in [5.74, 6) is -4.11. The number of amides is 5. The van der Waals surface area contributed by atoms with Gasteiger partial charge in [0.15, 0.2) is 0 Å². The van der Waals surface area contributed by atoms with Crippen LogP contribution in [-0.2, 0) is 35.3 Å². The van der Waals surface area contributed by atoms with Crippen LogP contribution in [0.2, 0.25) is 0 Å². The Balaban J connectivity index is 1.77. The minimum atomic E-state index is -1.31. The second kappa shape index (κ2) is 14.8. The van der Waals surface area contributed by atoms with Crippen molar-refractivity contribution >= 4 is 35.5 Å². The van der Waals surface area contributed by atoms with Gasteiger partial charge in [-0.2, -0.15) is 0 Å². The van der Waals surface area contributed by atoms with Crippen LogP contribution in [0.3, 0.4) is 0 Å². The average molecular weight is 632 g/mol. The maximum atomic E-state index is 14.1. The number of ketones is 1. The molecule has 1 aliphatic heterocycles. The van der Waals surface area contributed by atoms with E-state index in [1.54, 1.807) is 20.8 Å². The predicted molar refractivity (Wildman–Crippen MR) is 163 cm³/mol. The Labute approximate surface area is 263 Å². The van der Waals surface area contributed by atoms with E-state index in [9.17, 15) is 33.2 Å². The van der Waals surface area contributed by atoms with Crippen molar-refractivity contribution in [2.45, 2.75) is 97.4 Å². The summed E-state index contributed by atoms with van der Waals surface area (Å²) in [7, 11) is 0. The molecule has 3 rings (SSSR count). The number of primary amides is 1. The first-order chi connectivity index (χ1) is 21.0. The van der Waals surface area contributed by atoms with E-state index in [2.05, 4.69) is 16.0 Å². The van der Waals surface area contributed by atoms with Gasteiger partial charge in [-0.15, -0.1) is 0 Å². The third-order valence-corrected chi connectivity index (χ3v) is 8.68. The van der Waals surface area contributed by atoms with Crippen molar-refractivity contribution in [1.82, 2.24) is 20.9 Å². The number of carbonyl (C=O) groups is 6. The molecule has 1 aliphatic carbocycles. The summed E-state index contributed by atoms with van der Waals surface area (Å²) in [5.41, 5.74) is 3.50. The van der Waals surface area contributed by atoms with E-state index in [0.717, 1.165) is 6.42 Å². The highest BCUT2D eigenvalue weighted by Crippen LogP contribution is 2.33. The summed E-state index contributed by atoms with van der Waals surface area (Å²) in [6.45, 7) is 8.88. The van der Waals surface area contributed by atoms with Crippen LogP contribution >= 0.6 is 0 Å². The molecule has 12 nitrogen and oxygen atoms in total. The van der Waals surface area contributed by atoms with Gasteiger partial charge in [-0.25, -0.2) is 14.0 Å². The number of nitrogens with one attached hydrogen (secondary N) is 3. The SMILES string of the molecule is CC(C)[C@@H]1C[C@@H](C(=O)NCC(=O)C(N)=O)N(C(=O)[C@@H](NC(=O)NC2(C(=O)OCc3ccc(F)cc3)CCCCC2)C(C)(C)C)C1. The van der Waals surface area contributed by atoms with Gasteiger partial charge in [-0.05, 0) is 54.2 Å². The van der Waals surface area contributed by atoms with Gasteiger partial charge in [0.1, 0.15) is 30.0 Å². The molecule has 1 aromatic carbocycles. The molecule has 2 aliphatic rings. The fourth-order valence-electron chi connectivity index (χ4n) is 5.82. The Hall–Kier alpha value is -4.03. The van der Waals surface area contributed by atoms with Gasteiger partial charge < -0.3 is 31.3 Å². The normalized spacial score (nSPS) is 20.2. The van der Waals surface area contributed by atoms with Crippen molar-refractivity contribution in [3.63, 3.8) is 0 Å². The zero-order chi connectivity index (χ0) is 33.5. The van der Waals surface area contributed by atoms with Crippen LogP contribution in [0, 0.1) is 23.1 Å². The highest BCUT2D eigenvalue weighted by atomic mass is 19.1. The molecule has 1 saturated heterocycles. The molecule has 248 valence electrons. The number of hydrogen-bond acceptors (Lipinski definition) is 7. The predicted octanol–water partition coefficient (Wildman–Crippen LogP) is 2.33. The fourth-order valence-corrected chi connectivity index (χ4v) is 5.82. The lowest BCUT2D eigenvalue weighted by atomic mass is 9.81. The third-order valence-electron chi connectivity index (χ3n) is 8.68. The number of benzene rings is 1. The molecule has 1 saturated carbocycles. The van der Waals surface area contributed by atoms with Crippen molar-refractivity contribution in [2.75, 3.05) is 13.1 Å². The molecule has 3 atom stereocenters. The zero-order valence-corrected chi connectivity index (χ0v) is 26.7. The molecule has 0 radical (unpaired) electrons. The van der Waals surface area contributed by atoms with Crippen LogP contribution in [0.15, 0.2) is 24.3 Å².